The molecule has 2 aromatic carbocycles. The van der Waals surface area contributed by atoms with E-state index in [1.54, 1.807) is 31.2 Å². The van der Waals surface area contributed by atoms with E-state index in [0.29, 0.717) is 16.4 Å². The van der Waals surface area contributed by atoms with Crippen molar-refractivity contribution in [3.63, 3.8) is 0 Å². The van der Waals surface area contributed by atoms with Gasteiger partial charge in [-0.3, -0.25) is 0 Å². The molecule has 0 unspecified atom stereocenters. The fourth-order valence-electron chi connectivity index (χ4n) is 2.44. The van der Waals surface area contributed by atoms with Crippen LogP contribution in [0.5, 0.6) is 0 Å². The van der Waals surface area contributed by atoms with Crippen molar-refractivity contribution in [1.29, 1.82) is 0 Å². The Labute approximate surface area is 149 Å². The van der Waals surface area contributed by atoms with Crippen LogP contribution in [0.25, 0.3) is 10.9 Å². The van der Waals surface area contributed by atoms with E-state index in [-0.39, 0.29) is 12.3 Å². The number of nitrogens with one attached hydrogen (secondary N) is 3. The van der Waals surface area contributed by atoms with Crippen molar-refractivity contribution in [2.24, 2.45) is 0 Å². The summed E-state index contributed by atoms with van der Waals surface area (Å²) in [6.07, 6.45) is 0. The lowest BCUT2D eigenvalue weighted by molar-refractivity contribution is 0.0522. The summed E-state index contributed by atoms with van der Waals surface area (Å²) < 4.78 is 5.05. The number of halogens is 1. The van der Waals surface area contributed by atoms with Crippen LogP contribution in [-0.2, 0) is 4.74 Å². The zero-order valence-electron chi connectivity index (χ0n) is 13.4. The second-order valence-electron chi connectivity index (χ2n) is 5.23. The molecule has 3 aromatic rings. The summed E-state index contributed by atoms with van der Waals surface area (Å²) >= 11 is 5.83. The first-order valence-corrected chi connectivity index (χ1v) is 8.07. The largest absolute Gasteiger partial charge is 0.461 e. The Balaban J connectivity index is 1.88. The highest BCUT2D eigenvalue weighted by Crippen LogP contribution is 2.28. The summed E-state index contributed by atoms with van der Waals surface area (Å²) in [7, 11) is 0. The molecular formula is C18H16ClN3O3. The number of carbonyl (C=O) groups excluding carboxylic acids is 2. The molecule has 1 heterocycles. The Bertz CT molecular complexity index is 919. The van der Waals surface area contributed by atoms with Gasteiger partial charge in [0.25, 0.3) is 0 Å². The summed E-state index contributed by atoms with van der Waals surface area (Å²) in [5.74, 6) is -0.527. The third kappa shape index (κ3) is 3.75. The number of rotatable bonds is 4. The maximum Gasteiger partial charge on any atom is 0.356 e. The molecule has 0 fully saturated rings. The van der Waals surface area contributed by atoms with Gasteiger partial charge in [-0.05, 0) is 37.3 Å². The van der Waals surface area contributed by atoms with Gasteiger partial charge in [-0.1, -0.05) is 29.8 Å². The second kappa shape index (κ2) is 7.27. The maximum atomic E-state index is 12.3. The minimum atomic E-state index is -0.527. The average Bonchev–Trinajstić information content (AvgIpc) is 2.96. The van der Waals surface area contributed by atoms with E-state index in [9.17, 15) is 9.59 Å². The van der Waals surface area contributed by atoms with Gasteiger partial charge in [-0.2, -0.15) is 0 Å². The van der Waals surface area contributed by atoms with E-state index in [4.69, 9.17) is 16.3 Å². The molecule has 0 aliphatic rings. The van der Waals surface area contributed by atoms with Crippen LogP contribution < -0.4 is 10.6 Å². The number of urea groups is 1. The number of hydrogen-bond acceptors (Lipinski definition) is 3. The number of carbonyl (C=O) groups is 2. The normalized spacial score (nSPS) is 10.5. The number of amides is 2. The van der Waals surface area contributed by atoms with Gasteiger partial charge >= 0.3 is 12.0 Å². The van der Waals surface area contributed by atoms with Gasteiger partial charge in [-0.15, -0.1) is 0 Å². The van der Waals surface area contributed by atoms with Crippen molar-refractivity contribution < 1.29 is 14.3 Å². The zero-order valence-corrected chi connectivity index (χ0v) is 14.2. The molecule has 2 amide bonds. The lowest BCUT2D eigenvalue weighted by Crippen LogP contribution is -2.21. The van der Waals surface area contributed by atoms with Crippen LogP contribution in [0.4, 0.5) is 16.2 Å². The van der Waals surface area contributed by atoms with Crippen LogP contribution in [0.3, 0.4) is 0 Å². The Morgan fingerprint density at radius 1 is 1.08 bits per heavy atom. The van der Waals surface area contributed by atoms with E-state index in [0.717, 1.165) is 10.9 Å². The highest BCUT2D eigenvalue weighted by atomic mass is 35.5. The Morgan fingerprint density at radius 2 is 1.80 bits per heavy atom. The number of para-hydroxylation sites is 1. The highest BCUT2D eigenvalue weighted by molar-refractivity contribution is 6.30. The number of H-pyrrole nitrogens is 1. The number of anilines is 2. The molecule has 6 nitrogen and oxygen atoms in total. The highest BCUT2D eigenvalue weighted by Gasteiger charge is 2.20. The van der Waals surface area contributed by atoms with Gasteiger partial charge in [-0.25, -0.2) is 9.59 Å². The molecule has 25 heavy (non-hydrogen) atoms. The molecule has 0 aliphatic carbocycles. The van der Waals surface area contributed by atoms with Gasteiger partial charge in [0.05, 0.1) is 12.3 Å². The number of hydrogen-bond donors (Lipinski definition) is 3. The van der Waals surface area contributed by atoms with Crippen LogP contribution in [0.2, 0.25) is 5.02 Å². The summed E-state index contributed by atoms with van der Waals surface area (Å²) in [5, 5.41) is 6.71. The van der Waals surface area contributed by atoms with Crippen molar-refractivity contribution in [1.82, 2.24) is 4.98 Å². The zero-order chi connectivity index (χ0) is 17.8. The predicted octanol–water partition coefficient (Wildman–Crippen LogP) is 4.64. The third-order valence-electron chi connectivity index (χ3n) is 3.53. The summed E-state index contributed by atoms with van der Waals surface area (Å²) in [4.78, 5) is 27.5. The molecule has 0 bridgehead atoms. The molecule has 0 spiro atoms. The number of esters is 1. The maximum absolute atomic E-state index is 12.3. The van der Waals surface area contributed by atoms with Gasteiger partial charge < -0.3 is 20.4 Å². The third-order valence-corrected chi connectivity index (χ3v) is 3.78. The van der Waals surface area contributed by atoms with E-state index >= 15 is 0 Å². The molecular weight excluding hydrogens is 342 g/mol. The average molecular weight is 358 g/mol. The van der Waals surface area contributed by atoms with Crippen LogP contribution in [0, 0.1) is 0 Å². The number of ether oxygens (including phenoxy) is 1. The van der Waals surface area contributed by atoms with Crippen molar-refractivity contribution in [3.05, 3.63) is 59.2 Å². The molecule has 1 aromatic heterocycles. The number of aromatic amines is 1. The molecule has 3 N–H and O–H groups in total. The monoisotopic (exact) mass is 357 g/mol. The van der Waals surface area contributed by atoms with Crippen molar-refractivity contribution in [2.75, 3.05) is 17.2 Å². The summed E-state index contributed by atoms with van der Waals surface area (Å²) in [6, 6.07) is 13.5. The number of aromatic nitrogens is 1. The molecule has 0 saturated heterocycles. The van der Waals surface area contributed by atoms with Crippen molar-refractivity contribution >= 4 is 45.9 Å². The first kappa shape index (κ1) is 16.9. The molecule has 0 aliphatic heterocycles. The van der Waals surface area contributed by atoms with E-state index < -0.39 is 12.0 Å². The summed E-state index contributed by atoms with van der Waals surface area (Å²) in [6.45, 7) is 1.96. The second-order valence-corrected chi connectivity index (χ2v) is 5.66. The lowest BCUT2D eigenvalue weighted by Gasteiger charge is -2.09. The van der Waals surface area contributed by atoms with Gasteiger partial charge in [0.15, 0.2) is 0 Å². The number of benzene rings is 2. The Hall–Kier alpha value is -2.99. The molecule has 3 rings (SSSR count). The van der Waals surface area contributed by atoms with Crippen LogP contribution in [0.1, 0.15) is 17.4 Å². The van der Waals surface area contributed by atoms with E-state index in [1.807, 2.05) is 24.3 Å². The van der Waals surface area contributed by atoms with Crippen molar-refractivity contribution in [3.8, 4) is 0 Å². The topological polar surface area (TPSA) is 83.2 Å². The molecule has 0 saturated carbocycles. The first-order chi connectivity index (χ1) is 12.1. The Kier molecular flexibility index (Phi) is 4.90. The number of fused-ring (bicyclic) bond motifs is 1. The minimum absolute atomic E-state index is 0.203. The predicted molar refractivity (Wildman–Crippen MR) is 98.3 cm³/mol. The fraction of sp³-hybridized carbons (Fsp3) is 0.111. The van der Waals surface area contributed by atoms with Crippen LogP contribution in [-0.4, -0.2) is 23.6 Å². The Morgan fingerprint density at radius 3 is 2.52 bits per heavy atom. The van der Waals surface area contributed by atoms with Gasteiger partial charge in [0.1, 0.15) is 5.69 Å². The molecule has 0 radical (unpaired) electrons. The fourth-order valence-corrected chi connectivity index (χ4v) is 2.56. The van der Waals surface area contributed by atoms with Gasteiger partial charge in [0, 0.05) is 21.6 Å². The van der Waals surface area contributed by atoms with E-state index in [1.165, 1.54) is 0 Å². The molecule has 128 valence electrons. The smallest absolute Gasteiger partial charge is 0.356 e. The van der Waals surface area contributed by atoms with E-state index in [2.05, 4.69) is 15.6 Å². The first-order valence-electron chi connectivity index (χ1n) is 7.70. The summed E-state index contributed by atoms with van der Waals surface area (Å²) in [5.41, 5.74) is 1.89. The lowest BCUT2D eigenvalue weighted by atomic mass is 10.2. The van der Waals surface area contributed by atoms with Crippen LogP contribution >= 0.6 is 11.6 Å². The molecule has 0 atom stereocenters. The van der Waals surface area contributed by atoms with Crippen molar-refractivity contribution in [2.45, 2.75) is 6.92 Å². The van der Waals surface area contributed by atoms with Gasteiger partial charge in [0.2, 0.25) is 0 Å². The minimum Gasteiger partial charge on any atom is -0.461 e. The quantitative estimate of drug-likeness (QED) is 0.595. The SMILES string of the molecule is CCOC(=O)c1[nH]c2ccccc2c1NC(=O)Nc1ccc(Cl)cc1. The standard InChI is InChI=1S/C18H16ClN3O3/c1-2-25-17(23)16-15(13-5-3-4-6-14(13)21-16)22-18(24)20-12-9-7-11(19)8-10-12/h3-10,21H,2H2,1H3,(H2,20,22,24). The van der Waals surface area contributed by atoms with Crippen LogP contribution in [0.15, 0.2) is 48.5 Å². The molecule has 7 heteroatoms.